The summed E-state index contributed by atoms with van der Waals surface area (Å²) in [7, 11) is -4.02. The molecule has 182 valence electrons. The highest BCUT2D eigenvalue weighted by atomic mass is 32.2. The highest BCUT2D eigenvalue weighted by molar-refractivity contribution is 7.92. The Kier molecular flexibility index (Phi) is 7.21. The standard InChI is InChI=1S/C27H29N3O4S/c1-20-13-15-22(16-14-20)35(33,34)30(25-12-6-3-9-21(25)2)19-26(31)28-24-11-5-4-10-23(24)27(32)29-17-7-8-18-29/h3-6,9-16H,7-8,17-19H2,1-2H3,(H,28,31). The molecule has 3 aromatic rings. The summed E-state index contributed by atoms with van der Waals surface area (Å²) >= 11 is 0. The summed E-state index contributed by atoms with van der Waals surface area (Å²) in [6.45, 7) is 4.62. The molecule has 0 bridgehead atoms. The fourth-order valence-corrected chi connectivity index (χ4v) is 5.66. The third kappa shape index (κ3) is 5.38. The highest BCUT2D eigenvalue weighted by Crippen LogP contribution is 2.27. The van der Waals surface area contributed by atoms with Crippen LogP contribution in [0.1, 0.15) is 34.3 Å². The number of sulfonamides is 1. The predicted octanol–water partition coefficient (Wildman–Crippen LogP) is 4.37. The summed E-state index contributed by atoms with van der Waals surface area (Å²) in [5, 5.41) is 2.77. The van der Waals surface area contributed by atoms with Gasteiger partial charge in [-0.3, -0.25) is 13.9 Å². The lowest BCUT2D eigenvalue weighted by Crippen LogP contribution is -2.39. The maximum absolute atomic E-state index is 13.6. The van der Waals surface area contributed by atoms with Gasteiger partial charge in [-0.15, -0.1) is 0 Å². The molecule has 1 N–H and O–H groups in total. The molecule has 0 radical (unpaired) electrons. The van der Waals surface area contributed by atoms with E-state index in [0.717, 1.165) is 28.3 Å². The van der Waals surface area contributed by atoms with Gasteiger partial charge in [0.1, 0.15) is 6.54 Å². The van der Waals surface area contributed by atoms with Crippen molar-refractivity contribution in [1.29, 1.82) is 0 Å². The van der Waals surface area contributed by atoms with Crippen LogP contribution >= 0.6 is 0 Å². The van der Waals surface area contributed by atoms with Crippen molar-refractivity contribution in [2.24, 2.45) is 0 Å². The second kappa shape index (κ2) is 10.3. The smallest absolute Gasteiger partial charge is 0.264 e. The number of carbonyl (C=O) groups excluding carboxylic acids is 2. The van der Waals surface area contributed by atoms with Crippen LogP contribution in [0.25, 0.3) is 0 Å². The number of likely N-dealkylation sites (tertiary alicyclic amines) is 1. The molecule has 4 rings (SSSR count). The lowest BCUT2D eigenvalue weighted by atomic mass is 10.1. The molecule has 3 aromatic carbocycles. The molecule has 0 aliphatic carbocycles. The van der Waals surface area contributed by atoms with Gasteiger partial charge in [-0.1, -0.05) is 48.0 Å². The van der Waals surface area contributed by atoms with Crippen molar-refractivity contribution in [3.8, 4) is 0 Å². The first-order valence-electron chi connectivity index (χ1n) is 11.6. The van der Waals surface area contributed by atoms with Gasteiger partial charge in [0.15, 0.2) is 0 Å². The quantitative estimate of drug-likeness (QED) is 0.532. The maximum atomic E-state index is 13.6. The molecule has 1 aliphatic rings. The molecule has 2 amide bonds. The van der Waals surface area contributed by atoms with Crippen LogP contribution in [-0.4, -0.2) is 44.8 Å². The zero-order valence-corrected chi connectivity index (χ0v) is 20.7. The zero-order chi connectivity index (χ0) is 25.0. The largest absolute Gasteiger partial charge is 0.339 e. The Morgan fingerprint density at radius 1 is 0.886 bits per heavy atom. The molecule has 0 aromatic heterocycles. The molecule has 0 unspecified atom stereocenters. The van der Waals surface area contributed by atoms with Gasteiger partial charge in [-0.05, 0) is 62.6 Å². The second-order valence-electron chi connectivity index (χ2n) is 8.70. The first kappa shape index (κ1) is 24.5. The van der Waals surface area contributed by atoms with Crippen molar-refractivity contribution in [2.45, 2.75) is 31.6 Å². The average molecular weight is 492 g/mol. The Hall–Kier alpha value is -3.65. The Morgan fingerprint density at radius 2 is 1.51 bits per heavy atom. The Labute approximate surface area is 206 Å². The number of hydrogen-bond acceptors (Lipinski definition) is 4. The Bertz CT molecular complexity index is 1330. The number of amides is 2. The number of para-hydroxylation sites is 2. The molecule has 1 heterocycles. The monoisotopic (exact) mass is 491 g/mol. The lowest BCUT2D eigenvalue weighted by molar-refractivity contribution is -0.114. The molecule has 1 fully saturated rings. The van der Waals surface area contributed by atoms with Gasteiger partial charge in [0.2, 0.25) is 5.91 Å². The second-order valence-corrected chi connectivity index (χ2v) is 10.6. The summed E-state index contributed by atoms with van der Waals surface area (Å²) in [4.78, 5) is 28.0. The Balaban J connectivity index is 1.64. The number of hydrogen-bond donors (Lipinski definition) is 1. The number of aryl methyl sites for hydroxylation is 2. The molecule has 35 heavy (non-hydrogen) atoms. The molecule has 0 saturated carbocycles. The van der Waals surface area contributed by atoms with Crippen molar-refractivity contribution < 1.29 is 18.0 Å². The van der Waals surface area contributed by atoms with Gasteiger partial charge in [-0.25, -0.2) is 8.42 Å². The molecule has 8 heteroatoms. The predicted molar refractivity (Wildman–Crippen MR) is 137 cm³/mol. The number of carbonyl (C=O) groups is 2. The van der Waals surface area contributed by atoms with Crippen LogP contribution in [0.2, 0.25) is 0 Å². The van der Waals surface area contributed by atoms with Crippen LogP contribution in [0.3, 0.4) is 0 Å². The maximum Gasteiger partial charge on any atom is 0.264 e. The number of nitrogens with zero attached hydrogens (tertiary/aromatic N) is 2. The fourth-order valence-electron chi connectivity index (χ4n) is 4.17. The van der Waals surface area contributed by atoms with E-state index in [2.05, 4.69) is 5.32 Å². The SMILES string of the molecule is Cc1ccc(S(=O)(=O)N(CC(=O)Nc2ccccc2C(=O)N2CCCC2)c2ccccc2C)cc1. The molecular formula is C27H29N3O4S. The first-order valence-corrected chi connectivity index (χ1v) is 13.0. The van der Waals surface area contributed by atoms with Crippen LogP contribution in [0.15, 0.2) is 77.7 Å². The summed E-state index contributed by atoms with van der Waals surface area (Å²) in [5.74, 6) is -0.674. The van der Waals surface area contributed by atoms with E-state index in [4.69, 9.17) is 0 Å². The summed E-state index contributed by atoms with van der Waals surface area (Å²) in [5.41, 5.74) is 2.84. The van der Waals surface area contributed by atoms with E-state index in [-0.39, 0.29) is 10.8 Å². The molecule has 0 spiro atoms. The third-order valence-electron chi connectivity index (χ3n) is 6.11. The summed E-state index contributed by atoms with van der Waals surface area (Å²) in [6.07, 6.45) is 1.92. The highest BCUT2D eigenvalue weighted by Gasteiger charge is 2.29. The first-order chi connectivity index (χ1) is 16.8. The van der Waals surface area contributed by atoms with Gasteiger partial charge in [0.05, 0.1) is 21.8 Å². The van der Waals surface area contributed by atoms with Crippen LogP contribution in [0, 0.1) is 13.8 Å². The van der Waals surface area contributed by atoms with E-state index in [1.165, 1.54) is 12.1 Å². The van der Waals surface area contributed by atoms with Crippen LogP contribution < -0.4 is 9.62 Å². The summed E-state index contributed by atoms with van der Waals surface area (Å²) < 4.78 is 28.4. The van der Waals surface area contributed by atoms with Crippen LogP contribution in [0.5, 0.6) is 0 Å². The van der Waals surface area contributed by atoms with Crippen molar-refractivity contribution >= 4 is 33.2 Å². The number of rotatable bonds is 7. The van der Waals surface area contributed by atoms with Crippen LogP contribution in [0.4, 0.5) is 11.4 Å². The molecule has 1 saturated heterocycles. The van der Waals surface area contributed by atoms with E-state index < -0.39 is 22.5 Å². The number of benzene rings is 3. The van der Waals surface area contributed by atoms with Crippen molar-refractivity contribution in [2.75, 3.05) is 29.3 Å². The minimum atomic E-state index is -4.02. The molecule has 1 aliphatic heterocycles. The van der Waals surface area contributed by atoms with E-state index >= 15 is 0 Å². The normalized spacial score (nSPS) is 13.5. The third-order valence-corrected chi connectivity index (χ3v) is 7.88. The van der Waals surface area contributed by atoms with Crippen molar-refractivity contribution in [1.82, 2.24) is 4.90 Å². The minimum absolute atomic E-state index is 0.101. The lowest BCUT2D eigenvalue weighted by Gasteiger charge is -2.26. The minimum Gasteiger partial charge on any atom is -0.339 e. The molecular weight excluding hydrogens is 462 g/mol. The fraction of sp³-hybridized carbons (Fsp3) is 0.259. The van der Waals surface area contributed by atoms with Gasteiger partial charge < -0.3 is 10.2 Å². The van der Waals surface area contributed by atoms with Gasteiger partial charge in [0, 0.05) is 13.1 Å². The number of nitrogens with one attached hydrogen (secondary N) is 1. The topological polar surface area (TPSA) is 86.8 Å². The van der Waals surface area contributed by atoms with E-state index in [0.29, 0.717) is 30.0 Å². The van der Waals surface area contributed by atoms with E-state index in [1.54, 1.807) is 66.4 Å². The van der Waals surface area contributed by atoms with Gasteiger partial charge in [0.25, 0.3) is 15.9 Å². The van der Waals surface area contributed by atoms with E-state index in [9.17, 15) is 18.0 Å². The van der Waals surface area contributed by atoms with Crippen LogP contribution in [-0.2, 0) is 14.8 Å². The Morgan fingerprint density at radius 3 is 2.20 bits per heavy atom. The van der Waals surface area contributed by atoms with Gasteiger partial charge in [-0.2, -0.15) is 0 Å². The van der Waals surface area contributed by atoms with Crippen molar-refractivity contribution in [3.63, 3.8) is 0 Å². The zero-order valence-electron chi connectivity index (χ0n) is 19.9. The number of anilines is 2. The van der Waals surface area contributed by atoms with Gasteiger partial charge >= 0.3 is 0 Å². The molecule has 7 nitrogen and oxygen atoms in total. The molecule has 0 atom stereocenters. The summed E-state index contributed by atoms with van der Waals surface area (Å²) in [6, 6.07) is 20.4. The van der Waals surface area contributed by atoms with Crippen molar-refractivity contribution in [3.05, 3.63) is 89.5 Å². The van der Waals surface area contributed by atoms with E-state index in [1.807, 2.05) is 13.0 Å². The average Bonchev–Trinajstić information content (AvgIpc) is 3.38.